The van der Waals surface area contributed by atoms with E-state index in [1.807, 2.05) is 0 Å². The fraction of sp³-hybridized carbons (Fsp3) is 0.118. The second-order valence-corrected chi connectivity index (χ2v) is 6.18. The summed E-state index contributed by atoms with van der Waals surface area (Å²) in [6.07, 6.45) is 0.00760. The number of nitro benzene ring substituents is 1. The molecular formula is C17H15N3O5S. The molecule has 0 saturated carbocycles. The molecule has 0 unspecified atom stereocenters. The highest BCUT2D eigenvalue weighted by Gasteiger charge is 2.17. The van der Waals surface area contributed by atoms with Crippen molar-refractivity contribution < 1.29 is 19.3 Å². The zero-order valence-corrected chi connectivity index (χ0v) is 14.3. The molecule has 8 nitrogen and oxygen atoms in total. The van der Waals surface area contributed by atoms with Crippen molar-refractivity contribution in [3.05, 3.63) is 69.8 Å². The van der Waals surface area contributed by atoms with Gasteiger partial charge in [0.05, 0.1) is 10.5 Å². The van der Waals surface area contributed by atoms with Crippen LogP contribution in [0.3, 0.4) is 0 Å². The van der Waals surface area contributed by atoms with E-state index in [-0.39, 0.29) is 29.8 Å². The fourth-order valence-electron chi connectivity index (χ4n) is 2.04. The SMILES string of the molecule is NC(=O)CCNC(=O)c1ccccc1SC(=O)c1cccc([N+](=O)[O-])c1. The van der Waals surface area contributed by atoms with Crippen LogP contribution < -0.4 is 11.1 Å². The molecule has 0 bridgehead atoms. The van der Waals surface area contributed by atoms with Gasteiger partial charge in [0, 0.05) is 35.6 Å². The van der Waals surface area contributed by atoms with Gasteiger partial charge < -0.3 is 11.1 Å². The van der Waals surface area contributed by atoms with Crippen LogP contribution >= 0.6 is 11.8 Å². The van der Waals surface area contributed by atoms with Crippen LogP contribution in [-0.2, 0) is 4.79 Å². The van der Waals surface area contributed by atoms with Crippen molar-refractivity contribution in [2.75, 3.05) is 6.54 Å². The van der Waals surface area contributed by atoms with Crippen LogP contribution in [-0.4, -0.2) is 28.4 Å². The molecule has 0 spiro atoms. The van der Waals surface area contributed by atoms with Crippen LogP contribution in [0.1, 0.15) is 27.1 Å². The summed E-state index contributed by atoms with van der Waals surface area (Å²) in [5.74, 6) is -0.977. The van der Waals surface area contributed by atoms with Crippen molar-refractivity contribution in [1.82, 2.24) is 5.32 Å². The number of nitrogens with zero attached hydrogens (tertiary/aromatic N) is 1. The summed E-state index contributed by atoms with van der Waals surface area (Å²) in [5.41, 5.74) is 5.26. The lowest BCUT2D eigenvalue weighted by Crippen LogP contribution is -2.28. The molecule has 2 aromatic carbocycles. The van der Waals surface area contributed by atoms with Crippen LogP contribution in [0, 0.1) is 10.1 Å². The second kappa shape index (κ2) is 8.77. The van der Waals surface area contributed by atoms with Crippen LogP contribution in [0.25, 0.3) is 0 Å². The minimum Gasteiger partial charge on any atom is -0.370 e. The van der Waals surface area contributed by atoms with E-state index >= 15 is 0 Å². The predicted molar refractivity (Wildman–Crippen MR) is 95.9 cm³/mol. The molecule has 0 heterocycles. The van der Waals surface area contributed by atoms with E-state index in [1.54, 1.807) is 24.3 Å². The molecule has 0 aliphatic heterocycles. The van der Waals surface area contributed by atoms with E-state index < -0.39 is 21.9 Å². The van der Waals surface area contributed by atoms with Gasteiger partial charge in [-0.15, -0.1) is 0 Å². The Bertz CT molecular complexity index is 869. The van der Waals surface area contributed by atoms with Gasteiger partial charge in [-0.2, -0.15) is 0 Å². The molecular weight excluding hydrogens is 358 g/mol. The number of non-ortho nitro benzene ring substituents is 1. The normalized spacial score (nSPS) is 10.2. The first-order chi connectivity index (χ1) is 12.4. The van der Waals surface area contributed by atoms with Gasteiger partial charge in [0.25, 0.3) is 11.6 Å². The maximum atomic E-state index is 12.4. The highest BCUT2D eigenvalue weighted by Crippen LogP contribution is 2.27. The van der Waals surface area contributed by atoms with Gasteiger partial charge >= 0.3 is 0 Å². The lowest BCUT2D eigenvalue weighted by atomic mass is 10.2. The third-order valence-electron chi connectivity index (χ3n) is 3.28. The minimum atomic E-state index is -0.582. The number of hydrogen-bond donors (Lipinski definition) is 2. The molecule has 0 aromatic heterocycles. The molecule has 0 atom stereocenters. The van der Waals surface area contributed by atoms with Gasteiger partial charge in [-0.05, 0) is 30.0 Å². The molecule has 3 N–H and O–H groups in total. The Balaban J connectivity index is 2.15. The number of benzene rings is 2. The Morgan fingerprint density at radius 1 is 1.12 bits per heavy atom. The molecule has 0 radical (unpaired) electrons. The number of thioether (sulfide) groups is 1. The van der Waals surface area contributed by atoms with E-state index in [9.17, 15) is 24.5 Å². The quantitative estimate of drug-likeness (QED) is 0.434. The molecule has 9 heteroatoms. The van der Waals surface area contributed by atoms with Crippen LogP contribution in [0.15, 0.2) is 53.4 Å². The van der Waals surface area contributed by atoms with Crippen LogP contribution in [0.5, 0.6) is 0 Å². The highest BCUT2D eigenvalue weighted by molar-refractivity contribution is 8.14. The molecule has 2 rings (SSSR count). The number of primary amides is 1. The summed E-state index contributed by atoms with van der Waals surface area (Å²) in [4.78, 5) is 46.0. The molecule has 0 aliphatic rings. The standard InChI is InChI=1S/C17H15N3O5S/c18-15(21)8-9-19-16(22)13-6-1-2-7-14(13)26-17(23)11-4-3-5-12(10-11)20(24)25/h1-7,10H,8-9H2,(H2,18,21)(H,19,22). The molecule has 134 valence electrons. The molecule has 2 amide bonds. The first-order valence-corrected chi connectivity index (χ1v) is 8.32. The lowest BCUT2D eigenvalue weighted by molar-refractivity contribution is -0.384. The fourth-order valence-corrected chi connectivity index (χ4v) is 2.90. The van der Waals surface area contributed by atoms with E-state index in [0.29, 0.717) is 4.90 Å². The number of hydrogen-bond acceptors (Lipinski definition) is 6. The number of nitrogens with two attached hydrogens (primary N) is 1. The molecule has 0 fully saturated rings. The highest BCUT2D eigenvalue weighted by atomic mass is 32.2. The van der Waals surface area contributed by atoms with Crippen molar-refractivity contribution in [2.45, 2.75) is 11.3 Å². The second-order valence-electron chi connectivity index (χ2n) is 5.17. The summed E-state index contributed by atoms with van der Waals surface area (Å²) < 4.78 is 0. The topological polar surface area (TPSA) is 132 Å². The Morgan fingerprint density at radius 2 is 1.85 bits per heavy atom. The summed E-state index contributed by atoms with van der Waals surface area (Å²) in [6, 6.07) is 11.8. The van der Waals surface area contributed by atoms with E-state index in [0.717, 1.165) is 11.8 Å². The van der Waals surface area contributed by atoms with E-state index in [1.165, 1.54) is 24.3 Å². The number of nitro groups is 1. The number of carbonyl (C=O) groups is 3. The van der Waals surface area contributed by atoms with E-state index in [2.05, 4.69) is 5.32 Å². The van der Waals surface area contributed by atoms with Gasteiger partial charge in [0.2, 0.25) is 11.0 Å². The lowest BCUT2D eigenvalue weighted by Gasteiger charge is -2.09. The van der Waals surface area contributed by atoms with Gasteiger partial charge in [-0.25, -0.2) is 0 Å². The number of rotatable bonds is 7. The van der Waals surface area contributed by atoms with Crippen molar-refractivity contribution in [2.24, 2.45) is 5.73 Å². The van der Waals surface area contributed by atoms with Gasteiger partial charge in [-0.3, -0.25) is 24.5 Å². The minimum absolute atomic E-state index is 0.00760. The maximum Gasteiger partial charge on any atom is 0.270 e. The monoisotopic (exact) mass is 373 g/mol. The van der Waals surface area contributed by atoms with E-state index in [4.69, 9.17) is 5.73 Å². The van der Waals surface area contributed by atoms with Crippen LogP contribution in [0.4, 0.5) is 5.69 Å². The van der Waals surface area contributed by atoms with Gasteiger partial charge in [0.1, 0.15) is 0 Å². The third-order valence-corrected chi connectivity index (χ3v) is 4.28. The first-order valence-electron chi connectivity index (χ1n) is 7.50. The largest absolute Gasteiger partial charge is 0.370 e. The van der Waals surface area contributed by atoms with Crippen molar-refractivity contribution in [3.63, 3.8) is 0 Å². The molecule has 0 saturated heterocycles. The Labute approximate surface area is 152 Å². The van der Waals surface area contributed by atoms with Gasteiger partial charge in [-0.1, -0.05) is 18.2 Å². The zero-order valence-electron chi connectivity index (χ0n) is 13.5. The summed E-state index contributed by atoms with van der Waals surface area (Å²) in [7, 11) is 0. The summed E-state index contributed by atoms with van der Waals surface area (Å²) in [5, 5.41) is 13.0. The predicted octanol–water partition coefficient (Wildman–Crippen LogP) is 2.13. The Kier molecular flexibility index (Phi) is 6.45. The number of carbonyl (C=O) groups excluding carboxylic acids is 3. The van der Waals surface area contributed by atoms with Crippen molar-refractivity contribution >= 4 is 34.4 Å². The van der Waals surface area contributed by atoms with Crippen molar-refractivity contribution in [1.29, 1.82) is 0 Å². The molecule has 2 aromatic rings. The first kappa shape index (κ1) is 19.1. The average Bonchev–Trinajstić information content (AvgIpc) is 2.61. The maximum absolute atomic E-state index is 12.4. The van der Waals surface area contributed by atoms with Crippen LogP contribution in [0.2, 0.25) is 0 Å². The zero-order chi connectivity index (χ0) is 19.1. The average molecular weight is 373 g/mol. The van der Waals surface area contributed by atoms with Gasteiger partial charge in [0.15, 0.2) is 0 Å². The number of nitrogens with one attached hydrogen (secondary N) is 1. The van der Waals surface area contributed by atoms with Crippen molar-refractivity contribution in [3.8, 4) is 0 Å². The Hall–Kier alpha value is -3.20. The smallest absolute Gasteiger partial charge is 0.270 e. The molecule has 0 aliphatic carbocycles. The number of amides is 2. The molecule has 26 heavy (non-hydrogen) atoms. The summed E-state index contributed by atoms with van der Waals surface area (Å²) in [6.45, 7) is 0.0893. The third kappa shape index (κ3) is 5.15. The Morgan fingerprint density at radius 3 is 2.54 bits per heavy atom. The summed E-state index contributed by atoms with van der Waals surface area (Å²) >= 11 is 0.798.